The van der Waals surface area contributed by atoms with Crippen molar-refractivity contribution in [3.8, 4) is 0 Å². The van der Waals surface area contributed by atoms with Crippen LogP contribution < -0.4 is 15.5 Å². The molecule has 11 heteroatoms. The predicted octanol–water partition coefficient (Wildman–Crippen LogP) is 5.79. The second kappa shape index (κ2) is 18.3. The summed E-state index contributed by atoms with van der Waals surface area (Å²) in [6, 6.07) is 0. The van der Waals surface area contributed by atoms with E-state index in [4.69, 9.17) is 14.5 Å². The van der Waals surface area contributed by atoms with Gasteiger partial charge in [0.2, 0.25) is 5.91 Å². The number of aromatic nitrogens is 2. The highest BCUT2D eigenvalue weighted by Gasteiger charge is 2.24. The number of rotatable bonds is 21. The minimum Gasteiger partial charge on any atom is -0.367 e. The molecule has 1 aliphatic heterocycles. The number of hydrogen-bond acceptors (Lipinski definition) is 7. The van der Waals surface area contributed by atoms with Gasteiger partial charge in [0, 0.05) is 13.0 Å². The van der Waals surface area contributed by atoms with Crippen molar-refractivity contribution < 1.29 is 23.9 Å². The van der Waals surface area contributed by atoms with Crippen molar-refractivity contribution in [2.45, 2.75) is 96.8 Å². The normalized spacial score (nSPS) is 13.2. The van der Waals surface area contributed by atoms with E-state index >= 15 is 0 Å². The number of hydrogen-bond donors (Lipinski definition) is 4. The quantitative estimate of drug-likeness (QED) is 0.0868. The van der Waals surface area contributed by atoms with Crippen LogP contribution in [-0.4, -0.2) is 51.8 Å². The molecule has 1 aliphatic rings. The Hall–Kier alpha value is -2.00. The molecule has 0 fully saturated rings. The lowest BCUT2D eigenvalue weighted by atomic mass is 10.1. The van der Waals surface area contributed by atoms with Crippen LogP contribution >= 0.6 is 7.60 Å². The summed E-state index contributed by atoms with van der Waals surface area (Å²) in [5, 5.41) is 6.05. The first-order valence-corrected chi connectivity index (χ1v) is 15.6. The van der Waals surface area contributed by atoms with Crippen molar-refractivity contribution in [2.24, 2.45) is 0 Å². The van der Waals surface area contributed by atoms with Crippen LogP contribution in [0.25, 0.3) is 0 Å². The molecule has 0 atom stereocenters. The van der Waals surface area contributed by atoms with Crippen molar-refractivity contribution in [3.05, 3.63) is 18.5 Å². The Morgan fingerprint density at radius 3 is 2.38 bits per heavy atom. The van der Waals surface area contributed by atoms with E-state index in [1.807, 2.05) is 4.90 Å². The number of carbonyl (C=O) groups is 1. The summed E-state index contributed by atoms with van der Waals surface area (Å²) in [7, 11) is -4.18. The zero-order valence-corrected chi connectivity index (χ0v) is 23.3. The Morgan fingerprint density at radius 2 is 1.70 bits per heavy atom. The maximum absolute atomic E-state index is 12.4. The zero-order valence-electron chi connectivity index (χ0n) is 22.4. The van der Waals surface area contributed by atoms with E-state index in [0.29, 0.717) is 37.0 Å². The van der Waals surface area contributed by atoms with Gasteiger partial charge in [0.15, 0.2) is 11.6 Å². The minimum atomic E-state index is -4.18. The number of ether oxygens (including phenoxy) is 1. The summed E-state index contributed by atoms with van der Waals surface area (Å²) in [5.41, 5.74) is 0.649. The van der Waals surface area contributed by atoms with Gasteiger partial charge in [-0.1, -0.05) is 70.4 Å². The molecule has 2 heterocycles. The molecular weight excluding hydrogens is 493 g/mol. The molecule has 10 nitrogen and oxygen atoms in total. The van der Waals surface area contributed by atoms with Gasteiger partial charge in [-0.25, -0.2) is 9.97 Å². The maximum Gasteiger partial charge on any atom is 0.350 e. The van der Waals surface area contributed by atoms with Crippen LogP contribution in [0.4, 0.5) is 17.3 Å². The lowest BCUT2D eigenvalue weighted by Gasteiger charge is -2.16. The molecule has 2 rings (SSSR count). The van der Waals surface area contributed by atoms with E-state index in [2.05, 4.69) is 39.7 Å². The highest BCUT2D eigenvalue weighted by molar-refractivity contribution is 7.51. The second-order valence-corrected chi connectivity index (χ2v) is 11.2. The van der Waals surface area contributed by atoms with Crippen LogP contribution in [0.2, 0.25) is 0 Å². The summed E-state index contributed by atoms with van der Waals surface area (Å²) in [6.07, 6.45) is 21.8. The van der Waals surface area contributed by atoms with E-state index in [1.54, 1.807) is 0 Å². The summed E-state index contributed by atoms with van der Waals surface area (Å²) >= 11 is 0. The Morgan fingerprint density at radius 1 is 1.05 bits per heavy atom. The van der Waals surface area contributed by atoms with E-state index < -0.39 is 13.9 Å². The van der Waals surface area contributed by atoms with Crippen LogP contribution in [0, 0.1) is 0 Å². The molecule has 37 heavy (non-hydrogen) atoms. The lowest BCUT2D eigenvalue weighted by Crippen LogP contribution is -2.27. The standard InChI is InChI=1S/C26H46N5O5P/c1-2-3-4-5-6-7-8-9-10-11-12-13-14-15-16-17-23(32)30-25-24-26(28-20-27-25)31(21-29-24)18-19-36-22-37(33,34)35/h9-10,20,29H,2-8,11-19,21-22H2,1H3,(H2,33,34,35)(H,27,28,30,32). The van der Waals surface area contributed by atoms with Crippen LogP contribution in [0.5, 0.6) is 0 Å². The minimum absolute atomic E-state index is 0.0660. The number of unbranched alkanes of at least 4 members (excludes halogenated alkanes) is 11. The fourth-order valence-electron chi connectivity index (χ4n) is 4.22. The van der Waals surface area contributed by atoms with Gasteiger partial charge < -0.3 is 30.1 Å². The van der Waals surface area contributed by atoms with E-state index in [0.717, 1.165) is 25.7 Å². The fourth-order valence-corrected chi connectivity index (χ4v) is 4.58. The Bertz CT molecular complexity index is 864. The van der Waals surface area contributed by atoms with E-state index in [1.165, 1.54) is 64.1 Å². The lowest BCUT2D eigenvalue weighted by molar-refractivity contribution is -0.116. The average molecular weight is 540 g/mol. The number of nitrogens with one attached hydrogen (secondary N) is 2. The van der Waals surface area contributed by atoms with E-state index in [9.17, 15) is 9.36 Å². The third-order valence-corrected chi connectivity index (χ3v) is 6.78. The molecule has 0 bridgehead atoms. The molecule has 0 aliphatic carbocycles. The van der Waals surface area contributed by atoms with Crippen LogP contribution in [-0.2, 0) is 14.1 Å². The monoisotopic (exact) mass is 539 g/mol. The molecule has 210 valence electrons. The fraction of sp³-hybridized carbons (Fsp3) is 0.731. The van der Waals surface area contributed by atoms with Gasteiger partial charge in [0.25, 0.3) is 0 Å². The second-order valence-electron chi connectivity index (χ2n) is 9.60. The van der Waals surface area contributed by atoms with Crippen LogP contribution in [0.1, 0.15) is 96.8 Å². The number of nitrogens with zero attached hydrogens (tertiary/aromatic N) is 3. The summed E-state index contributed by atoms with van der Waals surface area (Å²) in [5.74, 6) is 1.01. The van der Waals surface area contributed by atoms with Crippen molar-refractivity contribution >= 4 is 30.8 Å². The molecular formula is C26H46N5O5P. The molecule has 1 amide bonds. The molecule has 1 aromatic rings. The highest BCUT2D eigenvalue weighted by atomic mass is 31.2. The average Bonchev–Trinajstić information content (AvgIpc) is 3.28. The summed E-state index contributed by atoms with van der Waals surface area (Å²) in [4.78, 5) is 40.5. The predicted molar refractivity (Wildman–Crippen MR) is 149 cm³/mol. The van der Waals surface area contributed by atoms with Gasteiger partial charge in [-0.05, 0) is 32.1 Å². The molecule has 1 aromatic heterocycles. The van der Waals surface area contributed by atoms with Crippen LogP contribution in [0.3, 0.4) is 0 Å². The smallest absolute Gasteiger partial charge is 0.350 e. The van der Waals surface area contributed by atoms with Gasteiger partial charge in [-0.15, -0.1) is 0 Å². The van der Waals surface area contributed by atoms with E-state index in [-0.39, 0.29) is 12.5 Å². The maximum atomic E-state index is 12.4. The zero-order chi connectivity index (χ0) is 26.8. The van der Waals surface area contributed by atoms with Gasteiger partial charge >= 0.3 is 7.60 Å². The van der Waals surface area contributed by atoms with Crippen LogP contribution in [0.15, 0.2) is 18.5 Å². The van der Waals surface area contributed by atoms with Gasteiger partial charge in [0.1, 0.15) is 18.4 Å². The third kappa shape index (κ3) is 13.9. The molecule has 0 saturated carbocycles. The van der Waals surface area contributed by atoms with Gasteiger partial charge in [0.05, 0.1) is 13.3 Å². The molecule has 0 aromatic carbocycles. The van der Waals surface area contributed by atoms with Crippen molar-refractivity contribution in [2.75, 3.05) is 41.7 Å². The van der Waals surface area contributed by atoms with Crippen molar-refractivity contribution in [1.29, 1.82) is 0 Å². The Kier molecular flexibility index (Phi) is 15.4. The van der Waals surface area contributed by atoms with Gasteiger partial charge in [-0.3, -0.25) is 9.36 Å². The largest absolute Gasteiger partial charge is 0.367 e. The first kappa shape index (κ1) is 31.2. The molecule has 0 saturated heterocycles. The van der Waals surface area contributed by atoms with Crippen molar-refractivity contribution in [3.63, 3.8) is 0 Å². The number of carbonyl (C=O) groups excluding carboxylic acids is 1. The molecule has 0 unspecified atom stereocenters. The first-order chi connectivity index (χ1) is 17.9. The summed E-state index contributed by atoms with van der Waals surface area (Å²) in [6.45, 7) is 3.25. The highest BCUT2D eigenvalue weighted by Crippen LogP contribution is 2.35. The number of amides is 1. The SMILES string of the molecule is CCCCCCCCC=CCCCCCCCC(=O)Nc1ncnc2c1NCN2CCOCP(=O)(O)O. The molecule has 0 spiro atoms. The number of fused-ring (bicyclic) bond motifs is 1. The Balaban J connectivity index is 1.53. The molecule has 4 N–H and O–H groups in total. The summed E-state index contributed by atoms with van der Waals surface area (Å²) < 4.78 is 15.9. The topological polar surface area (TPSA) is 137 Å². The third-order valence-electron chi connectivity index (χ3n) is 6.26. The van der Waals surface area contributed by atoms with Crippen molar-refractivity contribution in [1.82, 2.24) is 9.97 Å². The number of anilines is 3. The number of allylic oxidation sites excluding steroid dienone is 2. The molecule has 0 radical (unpaired) electrons. The Labute approximate surface area is 221 Å². The van der Waals surface area contributed by atoms with Gasteiger partial charge in [-0.2, -0.15) is 0 Å². The first-order valence-electron chi connectivity index (χ1n) is 13.8.